The molecule has 1 amide bonds. The summed E-state index contributed by atoms with van der Waals surface area (Å²) in [6.45, 7) is 0.476. The second kappa shape index (κ2) is 6.69. The number of halogens is 1. The molecule has 0 saturated heterocycles. The fourth-order valence-corrected chi connectivity index (χ4v) is 3.17. The summed E-state index contributed by atoms with van der Waals surface area (Å²) >= 11 is 6.02. The number of pyridine rings is 1. The highest BCUT2D eigenvalue weighted by molar-refractivity contribution is 6.30. The van der Waals surface area contributed by atoms with E-state index >= 15 is 0 Å². The summed E-state index contributed by atoms with van der Waals surface area (Å²) < 4.78 is 1.70. The van der Waals surface area contributed by atoms with Crippen LogP contribution in [0.25, 0.3) is 5.82 Å². The number of carbonyl (C=O) groups is 1. The summed E-state index contributed by atoms with van der Waals surface area (Å²) in [6.07, 6.45) is 6.19. The van der Waals surface area contributed by atoms with Crippen molar-refractivity contribution in [3.05, 3.63) is 77.2 Å². The third-order valence-corrected chi connectivity index (χ3v) is 4.65. The molecule has 2 atom stereocenters. The summed E-state index contributed by atoms with van der Waals surface area (Å²) in [5, 5.41) is 7.85. The van der Waals surface area contributed by atoms with E-state index in [0.717, 1.165) is 23.4 Å². The van der Waals surface area contributed by atoms with Gasteiger partial charge in [-0.25, -0.2) is 9.67 Å². The van der Waals surface area contributed by atoms with E-state index in [4.69, 9.17) is 11.6 Å². The van der Waals surface area contributed by atoms with Crippen LogP contribution in [-0.4, -0.2) is 20.7 Å². The van der Waals surface area contributed by atoms with Gasteiger partial charge in [-0.05, 0) is 47.7 Å². The van der Waals surface area contributed by atoms with E-state index in [2.05, 4.69) is 15.4 Å². The fraction of sp³-hybridized carbons (Fsp3) is 0.211. The van der Waals surface area contributed by atoms with Crippen molar-refractivity contribution >= 4 is 17.5 Å². The van der Waals surface area contributed by atoms with Gasteiger partial charge in [0.05, 0.1) is 0 Å². The SMILES string of the molecule is O=C(NCc1ccc(-n2cccn2)nc1)C1CC1c1cccc(Cl)c1. The Kier molecular flexibility index (Phi) is 4.24. The van der Waals surface area contributed by atoms with Crippen molar-refractivity contribution < 1.29 is 4.79 Å². The number of hydrogen-bond acceptors (Lipinski definition) is 3. The molecule has 6 heteroatoms. The third kappa shape index (κ3) is 3.56. The minimum Gasteiger partial charge on any atom is -0.352 e. The highest BCUT2D eigenvalue weighted by Gasteiger charge is 2.43. The van der Waals surface area contributed by atoms with Gasteiger partial charge >= 0.3 is 0 Å². The average molecular weight is 353 g/mol. The second-order valence-electron chi connectivity index (χ2n) is 6.20. The lowest BCUT2D eigenvalue weighted by molar-refractivity contribution is -0.122. The number of aromatic nitrogens is 3. The Morgan fingerprint density at radius 3 is 2.92 bits per heavy atom. The zero-order valence-corrected chi connectivity index (χ0v) is 14.2. The normalized spacial score (nSPS) is 18.8. The zero-order chi connectivity index (χ0) is 17.2. The van der Waals surface area contributed by atoms with Crippen molar-refractivity contribution in [2.45, 2.75) is 18.9 Å². The van der Waals surface area contributed by atoms with E-state index in [1.54, 1.807) is 17.1 Å². The van der Waals surface area contributed by atoms with Crippen molar-refractivity contribution in [3.63, 3.8) is 0 Å². The van der Waals surface area contributed by atoms with Gasteiger partial charge in [0.2, 0.25) is 5.91 Å². The molecule has 2 heterocycles. The molecular weight excluding hydrogens is 336 g/mol. The number of amides is 1. The van der Waals surface area contributed by atoms with E-state index in [9.17, 15) is 4.79 Å². The molecule has 1 aromatic carbocycles. The number of benzene rings is 1. The van der Waals surface area contributed by atoms with Crippen molar-refractivity contribution in [3.8, 4) is 5.82 Å². The van der Waals surface area contributed by atoms with Gasteiger partial charge in [0.15, 0.2) is 5.82 Å². The predicted molar refractivity (Wildman–Crippen MR) is 95.5 cm³/mol. The van der Waals surface area contributed by atoms with Crippen LogP contribution in [0.5, 0.6) is 0 Å². The van der Waals surface area contributed by atoms with Crippen LogP contribution in [0.15, 0.2) is 61.1 Å². The lowest BCUT2D eigenvalue weighted by Crippen LogP contribution is -2.25. The van der Waals surface area contributed by atoms with Gasteiger partial charge in [-0.15, -0.1) is 0 Å². The maximum absolute atomic E-state index is 12.3. The molecule has 4 rings (SSSR count). The molecule has 1 saturated carbocycles. The monoisotopic (exact) mass is 352 g/mol. The number of nitrogens with one attached hydrogen (secondary N) is 1. The Hall–Kier alpha value is -2.66. The Morgan fingerprint density at radius 1 is 1.28 bits per heavy atom. The lowest BCUT2D eigenvalue weighted by Gasteiger charge is -2.06. The molecule has 2 unspecified atom stereocenters. The fourth-order valence-electron chi connectivity index (χ4n) is 2.97. The smallest absolute Gasteiger partial charge is 0.224 e. The van der Waals surface area contributed by atoms with Crippen LogP contribution in [0.3, 0.4) is 0 Å². The van der Waals surface area contributed by atoms with Crippen LogP contribution in [0.1, 0.15) is 23.5 Å². The van der Waals surface area contributed by atoms with E-state index in [-0.39, 0.29) is 17.7 Å². The van der Waals surface area contributed by atoms with Gasteiger partial charge in [-0.2, -0.15) is 5.10 Å². The molecule has 0 spiro atoms. The molecule has 126 valence electrons. The van der Waals surface area contributed by atoms with Crippen LogP contribution < -0.4 is 5.32 Å². The van der Waals surface area contributed by atoms with Gasteiger partial charge in [0.25, 0.3) is 0 Å². The average Bonchev–Trinajstić information content (AvgIpc) is 3.25. The molecule has 5 nitrogen and oxygen atoms in total. The summed E-state index contributed by atoms with van der Waals surface area (Å²) in [5.41, 5.74) is 2.10. The standard InChI is InChI=1S/C19H17ClN4O/c20-15-4-1-3-14(9-15)16-10-17(16)19(25)22-12-13-5-6-18(21-11-13)24-8-2-7-23-24/h1-9,11,16-17H,10,12H2,(H,22,25). The predicted octanol–water partition coefficient (Wildman–Crippen LogP) is 3.34. The van der Waals surface area contributed by atoms with Crippen LogP contribution >= 0.6 is 11.6 Å². The molecule has 3 aromatic rings. The molecule has 25 heavy (non-hydrogen) atoms. The summed E-state index contributed by atoms with van der Waals surface area (Å²) in [6, 6.07) is 13.4. The lowest BCUT2D eigenvalue weighted by atomic mass is 10.1. The summed E-state index contributed by atoms with van der Waals surface area (Å²) in [7, 11) is 0. The topological polar surface area (TPSA) is 59.8 Å². The highest BCUT2D eigenvalue weighted by atomic mass is 35.5. The van der Waals surface area contributed by atoms with Crippen LogP contribution in [0, 0.1) is 5.92 Å². The maximum atomic E-state index is 12.3. The number of carbonyl (C=O) groups excluding carboxylic acids is 1. The van der Waals surface area contributed by atoms with Crippen LogP contribution in [0.2, 0.25) is 5.02 Å². The van der Waals surface area contributed by atoms with Gasteiger partial charge in [0, 0.05) is 36.1 Å². The molecule has 0 radical (unpaired) electrons. The first-order chi connectivity index (χ1) is 12.2. The van der Waals surface area contributed by atoms with Crippen LogP contribution in [0.4, 0.5) is 0 Å². The van der Waals surface area contributed by atoms with Crippen molar-refractivity contribution in [2.75, 3.05) is 0 Å². The second-order valence-corrected chi connectivity index (χ2v) is 6.63. The maximum Gasteiger partial charge on any atom is 0.224 e. The van der Waals surface area contributed by atoms with Crippen molar-refractivity contribution in [1.82, 2.24) is 20.1 Å². The first-order valence-electron chi connectivity index (χ1n) is 8.19. The Labute approximate surface area is 150 Å². The molecule has 0 aliphatic heterocycles. The summed E-state index contributed by atoms with van der Waals surface area (Å²) in [5.74, 6) is 1.15. The van der Waals surface area contributed by atoms with Crippen LogP contribution in [-0.2, 0) is 11.3 Å². The first-order valence-corrected chi connectivity index (χ1v) is 8.56. The quantitative estimate of drug-likeness (QED) is 0.766. The van der Waals surface area contributed by atoms with Crippen molar-refractivity contribution in [1.29, 1.82) is 0 Å². The minimum atomic E-state index is 0.0368. The first kappa shape index (κ1) is 15.8. The third-order valence-electron chi connectivity index (χ3n) is 4.42. The Morgan fingerprint density at radius 2 is 2.20 bits per heavy atom. The van der Waals surface area contributed by atoms with Gasteiger partial charge in [-0.3, -0.25) is 4.79 Å². The van der Waals surface area contributed by atoms with Gasteiger partial charge < -0.3 is 5.32 Å². The number of rotatable bonds is 5. The molecule has 1 N–H and O–H groups in total. The minimum absolute atomic E-state index is 0.0368. The highest BCUT2D eigenvalue weighted by Crippen LogP contribution is 2.47. The Balaban J connectivity index is 1.32. The molecule has 1 fully saturated rings. The van der Waals surface area contributed by atoms with E-state index in [1.807, 2.05) is 48.7 Å². The van der Waals surface area contributed by atoms with Gasteiger partial charge in [-0.1, -0.05) is 29.8 Å². The zero-order valence-electron chi connectivity index (χ0n) is 13.5. The molecular formula is C19H17ClN4O. The van der Waals surface area contributed by atoms with Crippen molar-refractivity contribution in [2.24, 2.45) is 5.92 Å². The number of nitrogens with zero attached hydrogens (tertiary/aromatic N) is 3. The van der Waals surface area contributed by atoms with Gasteiger partial charge in [0.1, 0.15) is 0 Å². The Bertz CT molecular complexity index is 877. The molecule has 0 bridgehead atoms. The molecule has 2 aromatic heterocycles. The largest absolute Gasteiger partial charge is 0.352 e. The summed E-state index contributed by atoms with van der Waals surface area (Å²) in [4.78, 5) is 16.7. The molecule has 1 aliphatic rings. The number of hydrogen-bond donors (Lipinski definition) is 1. The van der Waals surface area contributed by atoms with E-state index < -0.39 is 0 Å². The van der Waals surface area contributed by atoms with E-state index in [0.29, 0.717) is 11.6 Å². The van der Waals surface area contributed by atoms with E-state index in [1.165, 1.54) is 0 Å². The molecule has 1 aliphatic carbocycles.